The summed E-state index contributed by atoms with van der Waals surface area (Å²) < 4.78 is 23.1. The fourth-order valence-corrected chi connectivity index (χ4v) is 0. The van der Waals surface area contributed by atoms with Crippen molar-refractivity contribution in [3.8, 4) is 0 Å². The fourth-order valence-electron chi connectivity index (χ4n) is 0. The third-order valence-corrected chi connectivity index (χ3v) is 0. The van der Waals surface area contributed by atoms with Crippen molar-refractivity contribution in [3.63, 3.8) is 0 Å². The van der Waals surface area contributed by atoms with Gasteiger partial charge >= 0.3 is 26.7 Å². The van der Waals surface area contributed by atoms with Crippen LogP contribution in [-0.4, -0.2) is 22.9 Å². The van der Waals surface area contributed by atoms with E-state index in [0.29, 0.717) is 0 Å². The molecule has 2 N–H and O–H groups in total. The van der Waals surface area contributed by atoms with Gasteiger partial charge in [-0.15, -0.1) is 0 Å². The van der Waals surface area contributed by atoms with E-state index in [1.54, 1.807) is 0 Å². The fraction of sp³-hybridized carbons (Fsp3) is 0. The zero-order valence-corrected chi connectivity index (χ0v) is 5.55. The average molecular weight is 163 g/mol. The van der Waals surface area contributed by atoms with Crippen LogP contribution < -0.4 is 0 Å². The van der Waals surface area contributed by atoms with E-state index < -0.39 is 14.5 Å². The summed E-state index contributed by atoms with van der Waals surface area (Å²) in [5.74, 6) is 0. The van der Waals surface area contributed by atoms with E-state index >= 15 is 0 Å². The number of rotatable bonds is 0. The Morgan fingerprint density at radius 1 is 1.40 bits per heavy atom. The molecular weight excluding hydrogens is 158 g/mol. The van der Waals surface area contributed by atoms with Crippen LogP contribution in [0.15, 0.2) is 0 Å². The van der Waals surface area contributed by atoms with Crippen molar-refractivity contribution in [2.24, 2.45) is 0 Å². The maximum absolute atomic E-state index is 8.76. The Hall–Kier alpha value is 0.669. The minimum Gasteiger partial charge on any atom is -0.153 e. The van der Waals surface area contributed by atoms with Gasteiger partial charge in [0.25, 0.3) is 0 Å². The molecule has 5 heavy (non-hydrogen) atoms. The second-order valence-corrected chi connectivity index (χ2v) is 1.20. The van der Waals surface area contributed by atoms with Gasteiger partial charge in [-0.1, -0.05) is 0 Å². The first kappa shape index (κ1) is 9.18. The van der Waals surface area contributed by atoms with Gasteiger partial charge in [-0.2, -0.15) is 9.90 Å². The van der Waals surface area contributed by atoms with E-state index in [1.165, 1.54) is 0 Å². The molecule has 3 nitrogen and oxygen atoms in total. The molecule has 0 aromatic carbocycles. The molecule has 5 heteroatoms. The minimum atomic E-state index is -3.29. The smallest absolute Gasteiger partial charge is 0.153 e. The van der Waals surface area contributed by atoms with Crippen LogP contribution in [0.3, 0.4) is 0 Å². The van der Waals surface area contributed by atoms with Gasteiger partial charge in [0.05, 0.1) is 0 Å². The van der Waals surface area contributed by atoms with Crippen LogP contribution in [0, 0.1) is 0 Å². The molecule has 0 aliphatic heterocycles. The van der Waals surface area contributed by atoms with Crippen LogP contribution in [0.1, 0.15) is 0 Å². The molecule has 0 heterocycles. The summed E-state index contributed by atoms with van der Waals surface area (Å²) in [6.07, 6.45) is 0. The van der Waals surface area contributed by atoms with Gasteiger partial charge in [-0.05, 0) is 0 Å². The molecule has 0 bridgehead atoms. The van der Waals surface area contributed by atoms with Gasteiger partial charge < -0.3 is 0 Å². The number of hydrogen-bond acceptors (Lipinski definition) is 1. The molecule has 0 saturated carbocycles. The van der Waals surface area contributed by atoms with Crippen LogP contribution in [0.4, 0.5) is 0 Å². The molecule has 0 rings (SSSR count). The molecule has 1 unspecified atom stereocenters. The maximum atomic E-state index is 8.76. The molecule has 0 fully saturated rings. The first-order valence-corrected chi connectivity index (χ1v) is 2.76. The van der Waals surface area contributed by atoms with E-state index in [1.807, 2.05) is 0 Å². The summed E-state index contributed by atoms with van der Waals surface area (Å²) in [6.45, 7) is 0. The Bertz CT molecular complexity index is 29.9. The van der Waals surface area contributed by atoms with Crippen molar-refractivity contribution in [3.05, 3.63) is 0 Å². The van der Waals surface area contributed by atoms with Crippen molar-refractivity contribution >= 4 is 24.4 Å². The van der Waals surface area contributed by atoms with Gasteiger partial charge in [-0.25, -0.2) is 0 Å². The number of hydrogen-bond donors (Lipinski definition) is 2. The van der Waals surface area contributed by atoms with Gasteiger partial charge in [0.2, 0.25) is 0 Å². The summed E-state index contributed by atoms with van der Waals surface area (Å²) in [7, 11) is 0. The van der Waals surface area contributed by atoms with Crippen LogP contribution in [0.2, 0.25) is 0 Å². The Morgan fingerprint density at radius 2 is 1.40 bits per heavy atom. The maximum Gasteiger partial charge on any atom is -0.153 e. The quantitative estimate of drug-likeness (QED) is 0.335. The molecule has 0 aromatic rings. The second-order valence-electron chi connectivity index (χ2n) is 0.231. The molecule has 0 spiro atoms. The molecule has 0 radical (unpaired) electrons. The molecule has 1 atom stereocenters. The third kappa shape index (κ3) is 74.2. The van der Waals surface area contributed by atoms with E-state index in [0.717, 1.165) is 0 Å². The predicted molar refractivity (Wildman–Crippen MR) is 22.0 cm³/mol. The van der Waals surface area contributed by atoms with Crippen molar-refractivity contribution in [1.29, 1.82) is 0 Å². The monoisotopic (exact) mass is 164 g/mol. The van der Waals surface area contributed by atoms with E-state index in [4.69, 9.17) is 12.2 Å². The summed E-state index contributed by atoms with van der Waals surface area (Å²) in [6, 6.07) is 0. The van der Waals surface area contributed by atoms with Crippen molar-refractivity contribution < 1.29 is 12.2 Å². The molecule has 0 saturated heterocycles. The first-order chi connectivity index (χ1) is 1.73. The van der Waals surface area contributed by atoms with E-state index in [2.05, 4.69) is 0 Å². The SMILES string of the molecule is O=[Se](O)O.P. The Kier molecular flexibility index (Phi) is 8.57. The molecule has 0 amide bonds. The van der Waals surface area contributed by atoms with E-state index in [9.17, 15) is 0 Å². The largest absolute Gasteiger partial charge is 0.153 e. The Morgan fingerprint density at radius 3 is 1.40 bits per heavy atom. The van der Waals surface area contributed by atoms with Crippen LogP contribution >= 0.6 is 9.90 Å². The van der Waals surface area contributed by atoms with Gasteiger partial charge in [0, 0.05) is 0 Å². The van der Waals surface area contributed by atoms with Crippen molar-refractivity contribution in [2.75, 3.05) is 0 Å². The molecule has 0 aromatic heterocycles. The Balaban J connectivity index is 0. The zero-order valence-electron chi connectivity index (χ0n) is 2.42. The summed E-state index contributed by atoms with van der Waals surface area (Å²) in [5, 5.41) is 0. The van der Waals surface area contributed by atoms with Gasteiger partial charge in [0.1, 0.15) is 0 Å². The van der Waals surface area contributed by atoms with Gasteiger partial charge in [-0.3, -0.25) is 0 Å². The normalized spacial score (nSPS) is 7.00. The Labute approximate surface area is 37.4 Å². The van der Waals surface area contributed by atoms with E-state index in [-0.39, 0.29) is 9.90 Å². The minimum absolute atomic E-state index is 0. The molecule has 34 valence electrons. The average Bonchev–Trinajstić information content (AvgIpc) is 0.811. The predicted octanol–water partition coefficient (Wildman–Crippen LogP) is -1.56. The molecule has 0 aliphatic carbocycles. The van der Waals surface area contributed by atoms with Crippen LogP contribution in [0.25, 0.3) is 0 Å². The van der Waals surface area contributed by atoms with Crippen molar-refractivity contribution in [1.82, 2.24) is 0 Å². The van der Waals surface area contributed by atoms with Gasteiger partial charge in [0.15, 0.2) is 0 Å². The standard InChI is InChI=1S/H2O3Se.H3P/c1-4(2)3;/h(H2,1,2,3);1H3. The summed E-state index contributed by atoms with van der Waals surface area (Å²) in [5.41, 5.74) is 0. The second kappa shape index (κ2) is 4.67. The topological polar surface area (TPSA) is 57.5 Å². The summed E-state index contributed by atoms with van der Waals surface area (Å²) >= 11 is -3.29. The van der Waals surface area contributed by atoms with Crippen LogP contribution in [0.5, 0.6) is 0 Å². The summed E-state index contributed by atoms with van der Waals surface area (Å²) in [4.78, 5) is 0. The zero-order chi connectivity index (χ0) is 3.58. The molecular formula is H5O3PSe. The molecule has 0 aliphatic rings. The first-order valence-electron chi connectivity index (χ1n) is 0.532. The van der Waals surface area contributed by atoms with Crippen molar-refractivity contribution in [2.45, 2.75) is 0 Å². The van der Waals surface area contributed by atoms with Crippen LogP contribution in [-0.2, 0) is 3.83 Å². The third-order valence-electron chi connectivity index (χ3n) is 0.